The van der Waals surface area contributed by atoms with Gasteiger partial charge in [0.15, 0.2) is 5.96 Å². The fourth-order valence-corrected chi connectivity index (χ4v) is 4.64. The third kappa shape index (κ3) is 6.55. The van der Waals surface area contributed by atoms with Crippen LogP contribution in [0.25, 0.3) is 0 Å². The van der Waals surface area contributed by atoms with Gasteiger partial charge in [-0.2, -0.15) is 0 Å². The summed E-state index contributed by atoms with van der Waals surface area (Å²) in [4.78, 5) is 22.6. The lowest BCUT2D eigenvalue weighted by Gasteiger charge is -2.21. The first-order valence-corrected chi connectivity index (χ1v) is 11.6. The van der Waals surface area contributed by atoms with Crippen molar-refractivity contribution in [1.29, 1.82) is 0 Å². The van der Waals surface area contributed by atoms with Crippen LogP contribution < -0.4 is 16.0 Å². The number of aromatic nitrogens is 1. The van der Waals surface area contributed by atoms with Crippen molar-refractivity contribution < 1.29 is 4.79 Å². The van der Waals surface area contributed by atoms with Crippen molar-refractivity contribution in [2.45, 2.75) is 58.9 Å². The van der Waals surface area contributed by atoms with E-state index < -0.39 is 0 Å². The molecule has 0 saturated heterocycles. The van der Waals surface area contributed by atoms with Crippen LogP contribution in [0.5, 0.6) is 0 Å². The number of benzene rings is 1. The molecule has 30 heavy (non-hydrogen) atoms. The van der Waals surface area contributed by atoms with E-state index in [0.717, 1.165) is 66.6 Å². The summed E-state index contributed by atoms with van der Waals surface area (Å²) in [5, 5.41) is 10.9. The average molecular weight is 428 g/mol. The molecule has 0 unspecified atom stereocenters. The maximum Gasteiger partial charge on any atom is 0.227 e. The van der Waals surface area contributed by atoms with E-state index in [1.807, 2.05) is 18.2 Å². The second-order valence-corrected chi connectivity index (χ2v) is 9.16. The fraction of sp³-hybridized carbons (Fsp3) is 0.522. The molecule has 1 aromatic heterocycles. The molecule has 1 heterocycles. The van der Waals surface area contributed by atoms with Crippen molar-refractivity contribution in [2.75, 3.05) is 18.9 Å². The fourth-order valence-electron chi connectivity index (χ4n) is 3.71. The Kier molecular flexibility index (Phi) is 8.25. The highest BCUT2D eigenvalue weighted by atomic mass is 32.1. The van der Waals surface area contributed by atoms with Gasteiger partial charge in [-0.1, -0.05) is 31.4 Å². The number of thiazole rings is 1. The number of aliphatic imine (C=N–C) groups is 1. The lowest BCUT2D eigenvalue weighted by Crippen LogP contribution is -2.37. The highest BCUT2D eigenvalue weighted by Gasteiger charge is 2.21. The molecule has 0 aliphatic heterocycles. The number of nitrogens with one attached hydrogen (secondary N) is 3. The number of aryl methyl sites for hydroxylation is 2. The molecule has 7 heteroatoms. The van der Waals surface area contributed by atoms with E-state index in [1.54, 1.807) is 18.4 Å². The summed E-state index contributed by atoms with van der Waals surface area (Å²) in [5.41, 5.74) is 3.08. The van der Waals surface area contributed by atoms with Crippen LogP contribution in [-0.4, -0.2) is 30.4 Å². The van der Waals surface area contributed by atoms with E-state index in [2.05, 4.69) is 45.8 Å². The number of carbonyl (C=O) groups excluding carboxylic acids is 1. The minimum atomic E-state index is 0.157. The molecule has 1 aliphatic rings. The highest BCUT2D eigenvalue weighted by molar-refractivity contribution is 7.11. The van der Waals surface area contributed by atoms with Gasteiger partial charge in [-0.05, 0) is 44.4 Å². The van der Waals surface area contributed by atoms with Crippen LogP contribution in [0.15, 0.2) is 29.3 Å². The number of nitrogens with zero attached hydrogens (tertiary/aromatic N) is 2. The zero-order chi connectivity index (χ0) is 21.3. The van der Waals surface area contributed by atoms with Crippen molar-refractivity contribution >= 4 is 28.9 Å². The Morgan fingerprint density at radius 1 is 1.20 bits per heavy atom. The van der Waals surface area contributed by atoms with Gasteiger partial charge in [-0.15, -0.1) is 11.3 Å². The largest absolute Gasteiger partial charge is 0.356 e. The van der Waals surface area contributed by atoms with Crippen LogP contribution in [-0.2, 0) is 17.8 Å². The minimum absolute atomic E-state index is 0.157. The van der Waals surface area contributed by atoms with Crippen molar-refractivity contribution in [3.8, 4) is 0 Å². The molecule has 0 radical (unpaired) electrons. The molecule has 2 aromatic rings. The highest BCUT2D eigenvalue weighted by Crippen LogP contribution is 2.25. The van der Waals surface area contributed by atoms with Crippen LogP contribution in [0.4, 0.5) is 5.69 Å². The summed E-state index contributed by atoms with van der Waals surface area (Å²) < 4.78 is 0. The Morgan fingerprint density at radius 3 is 2.70 bits per heavy atom. The second-order valence-electron chi connectivity index (χ2n) is 7.88. The topological polar surface area (TPSA) is 78.4 Å². The maximum absolute atomic E-state index is 12.5. The van der Waals surface area contributed by atoms with Gasteiger partial charge in [0.05, 0.1) is 10.7 Å². The number of hydrogen-bond acceptors (Lipinski definition) is 4. The SMILES string of the molecule is CN=C(NCCc1nc(C)c(C)s1)NCc1cccc(NC(=O)C2CCCCC2)c1. The Morgan fingerprint density at radius 2 is 2.00 bits per heavy atom. The standard InChI is InChI=1S/C23H33N5OS/c1-16-17(2)30-21(27-16)12-13-25-23(24-3)26-15-18-8-7-11-20(14-18)28-22(29)19-9-5-4-6-10-19/h7-8,11,14,19H,4-6,9-10,12-13,15H2,1-3H3,(H,28,29)(H2,24,25,26). The predicted molar refractivity (Wildman–Crippen MR) is 125 cm³/mol. The van der Waals surface area contributed by atoms with Gasteiger partial charge in [0.1, 0.15) is 0 Å². The Labute approximate surface area is 183 Å². The lowest BCUT2D eigenvalue weighted by molar-refractivity contribution is -0.120. The first kappa shape index (κ1) is 22.3. The molecule has 6 nitrogen and oxygen atoms in total. The number of anilines is 1. The van der Waals surface area contributed by atoms with Gasteiger partial charge in [-0.25, -0.2) is 4.98 Å². The van der Waals surface area contributed by atoms with Crippen LogP contribution >= 0.6 is 11.3 Å². The van der Waals surface area contributed by atoms with Crippen LogP contribution in [0, 0.1) is 19.8 Å². The molecule has 3 rings (SSSR count). The molecule has 1 amide bonds. The van der Waals surface area contributed by atoms with Crippen molar-refractivity contribution in [2.24, 2.45) is 10.9 Å². The van der Waals surface area contributed by atoms with Crippen molar-refractivity contribution in [1.82, 2.24) is 15.6 Å². The van der Waals surface area contributed by atoms with Gasteiger partial charge in [-0.3, -0.25) is 9.79 Å². The third-order valence-electron chi connectivity index (χ3n) is 5.56. The van der Waals surface area contributed by atoms with Crippen LogP contribution in [0.2, 0.25) is 0 Å². The summed E-state index contributed by atoms with van der Waals surface area (Å²) in [7, 11) is 1.77. The van der Waals surface area contributed by atoms with Gasteiger partial charge in [0.2, 0.25) is 5.91 Å². The molecule has 0 bridgehead atoms. The number of guanidine groups is 1. The van der Waals surface area contributed by atoms with Gasteiger partial charge >= 0.3 is 0 Å². The zero-order valence-corrected chi connectivity index (χ0v) is 19.1. The maximum atomic E-state index is 12.5. The van der Waals surface area contributed by atoms with Crippen LogP contribution in [0.1, 0.15) is 53.2 Å². The van der Waals surface area contributed by atoms with E-state index >= 15 is 0 Å². The number of hydrogen-bond donors (Lipinski definition) is 3. The third-order valence-corrected chi connectivity index (χ3v) is 6.69. The first-order chi connectivity index (χ1) is 14.5. The average Bonchev–Trinajstić information content (AvgIpc) is 3.08. The predicted octanol–water partition coefficient (Wildman–Crippen LogP) is 4.19. The quantitative estimate of drug-likeness (QED) is 0.457. The number of carbonyl (C=O) groups is 1. The summed E-state index contributed by atoms with van der Waals surface area (Å²) in [6, 6.07) is 8.02. The lowest BCUT2D eigenvalue weighted by atomic mass is 9.88. The monoisotopic (exact) mass is 427 g/mol. The molecule has 1 saturated carbocycles. The molecular weight excluding hydrogens is 394 g/mol. The van der Waals surface area contributed by atoms with E-state index in [-0.39, 0.29) is 11.8 Å². The Bertz CT molecular complexity index is 851. The molecular formula is C23H33N5OS. The molecule has 0 spiro atoms. The van der Waals surface area contributed by atoms with Crippen molar-refractivity contribution in [3.63, 3.8) is 0 Å². The van der Waals surface area contributed by atoms with Gasteiger partial charge in [0, 0.05) is 43.0 Å². The van der Waals surface area contributed by atoms with Crippen molar-refractivity contribution in [3.05, 3.63) is 45.4 Å². The number of amides is 1. The number of rotatable bonds is 7. The van der Waals surface area contributed by atoms with E-state index in [9.17, 15) is 4.79 Å². The molecule has 1 aromatic carbocycles. The van der Waals surface area contributed by atoms with Gasteiger partial charge in [0.25, 0.3) is 0 Å². The summed E-state index contributed by atoms with van der Waals surface area (Å²) in [5.74, 6) is 1.08. The summed E-state index contributed by atoms with van der Waals surface area (Å²) in [6.07, 6.45) is 6.47. The molecule has 1 fully saturated rings. The summed E-state index contributed by atoms with van der Waals surface area (Å²) >= 11 is 1.75. The smallest absolute Gasteiger partial charge is 0.227 e. The Balaban J connectivity index is 1.45. The van der Waals surface area contributed by atoms with Crippen LogP contribution in [0.3, 0.4) is 0 Å². The minimum Gasteiger partial charge on any atom is -0.356 e. The zero-order valence-electron chi connectivity index (χ0n) is 18.3. The van der Waals surface area contributed by atoms with E-state index in [1.165, 1.54) is 11.3 Å². The molecule has 3 N–H and O–H groups in total. The normalized spacial score (nSPS) is 15.1. The first-order valence-electron chi connectivity index (χ1n) is 10.8. The van der Waals surface area contributed by atoms with E-state index in [4.69, 9.17) is 0 Å². The summed E-state index contributed by atoms with van der Waals surface area (Å²) in [6.45, 7) is 5.58. The second kappa shape index (κ2) is 11.1. The molecule has 0 atom stereocenters. The Hall–Kier alpha value is -2.41. The van der Waals surface area contributed by atoms with E-state index in [0.29, 0.717) is 6.54 Å². The van der Waals surface area contributed by atoms with Gasteiger partial charge < -0.3 is 16.0 Å². The molecule has 162 valence electrons. The molecule has 1 aliphatic carbocycles.